The van der Waals surface area contributed by atoms with Crippen LogP contribution in [0.1, 0.15) is 16.7 Å². The van der Waals surface area contributed by atoms with Gasteiger partial charge in [-0.05, 0) is 42.3 Å². The molecule has 156 valence electrons. The third kappa shape index (κ3) is 5.52. The number of aryl methyl sites for hydroxylation is 1. The largest absolute Gasteiger partial charge is 0.493 e. The summed E-state index contributed by atoms with van der Waals surface area (Å²) >= 11 is 5.99. The summed E-state index contributed by atoms with van der Waals surface area (Å²) in [5.74, 6) is 0.673. The molecule has 0 amide bonds. The van der Waals surface area contributed by atoms with Gasteiger partial charge in [0.1, 0.15) is 22.2 Å². The molecule has 0 unspecified atom stereocenters. The van der Waals surface area contributed by atoms with Gasteiger partial charge in [-0.25, -0.2) is 0 Å². The van der Waals surface area contributed by atoms with Crippen molar-refractivity contribution in [1.82, 2.24) is 0 Å². The summed E-state index contributed by atoms with van der Waals surface area (Å²) in [5.41, 5.74) is 7.95. The lowest BCUT2D eigenvalue weighted by Crippen LogP contribution is -2.11. The number of nitrogens with two attached hydrogens (primary N) is 1. The third-order valence-corrected chi connectivity index (χ3v) is 6.01. The molecular formula is C22H21ClN2O4S. The molecule has 30 heavy (non-hydrogen) atoms. The van der Waals surface area contributed by atoms with E-state index in [1.807, 2.05) is 19.1 Å². The van der Waals surface area contributed by atoms with E-state index >= 15 is 0 Å². The van der Waals surface area contributed by atoms with Gasteiger partial charge in [-0.1, -0.05) is 48.0 Å². The molecule has 0 aliphatic heterocycles. The zero-order valence-corrected chi connectivity index (χ0v) is 17.8. The highest BCUT2D eigenvalue weighted by Crippen LogP contribution is 2.28. The predicted molar refractivity (Wildman–Crippen MR) is 117 cm³/mol. The average Bonchev–Trinajstić information content (AvgIpc) is 2.68. The Hall–Kier alpha value is -3.03. The van der Waals surface area contributed by atoms with Gasteiger partial charge in [0.15, 0.2) is 0 Å². The molecule has 0 heterocycles. The lowest BCUT2D eigenvalue weighted by atomic mass is 10.1. The Morgan fingerprint density at radius 2 is 1.70 bits per heavy atom. The number of rotatable bonds is 8. The number of benzene rings is 3. The van der Waals surface area contributed by atoms with Crippen molar-refractivity contribution in [3.05, 3.63) is 88.4 Å². The van der Waals surface area contributed by atoms with Crippen LogP contribution in [-0.4, -0.2) is 20.9 Å². The molecule has 0 saturated heterocycles. The molecule has 0 aliphatic rings. The van der Waals surface area contributed by atoms with E-state index in [1.165, 1.54) is 18.2 Å². The molecular weight excluding hydrogens is 424 g/mol. The predicted octanol–water partition coefficient (Wildman–Crippen LogP) is 4.32. The van der Waals surface area contributed by atoms with Crippen LogP contribution in [0.15, 0.2) is 71.6 Å². The highest BCUT2D eigenvalue weighted by atomic mass is 35.5. The van der Waals surface area contributed by atoms with Gasteiger partial charge in [-0.15, -0.1) is 0 Å². The summed E-state index contributed by atoms with van der Waals surface area (Å²) in [4.78, 5) is -0.0929. The minimum absolute atomic E-state index is 0.0248. The van der Waals surface area contributed by atoms with Crippen molar-refractivity contribution in [2.45, 2.75) is 18.2 Å². The summed E-state index contributed by atoms with van der Waals surface area (Å²) in [5, 5.41) is 7.51. The van der Waals surface area contributed by atoms with Crippen molar-refractivity contribution < 1.29 is 17.3 Å². The first kappa shape index (κ1) is 21.7. The minimum atomic E-state index is -4.07. The standard InChI is InChI=1S/C22H21ClN2O4S/c1-15-12-18(28-11-10-16-6-8-17(9-7-16)22(24)25)14-19(13-15)29-30(26,27)21-5-3-2-4-20(21)23/h2-9,12-14H,10-11H2,1H3,(H3,24,25). The molecule has 6 nitrogen and oxygen atoms in total. The Kier molecular flexibility index (Phi) is 6.64. The Balaban J connectivity index is 1.68. The number of hydrogen-bond acceptors (Lipinski definition) is 5. The highest BCUT2D eigenvalue weighted by molar-refractivity contribution is 7.87. The fraction of sp³-hybridized carbons (Fsp3) is 0.136. The molecule has 8 heteroatoms. The van der Waals surface area contributed by atoms with Crippen molar-refractivity contribution in [2.75, 3.05) is 6.61 Å². The van der Waals surface area contributed by atoms with Crippen LogP contribution in [0.2, 0.25) is 5.02 Å². The van der Waals surface area contributed by atoms with Gasteiger partial charge in [0.05, 0.1) is 11.6 Å². The maximum Gasteiger partial charge on any atom is 0.340 e. The fourth-order valence-corrected chi connectivity index (χ4v) is 4.21. The van der Waals surface area contributed by atoms with Crippen molar-refractivity contribution in [2.24, 2.45) is 5.73 Å². The van der Waals surface area contributed by atoms with Crippen LogP contribution < -0.4 is 14.7 Å². The first-order valence-corrected chi connectivity index (χ1v) is 10.9. The van der Waals surface area contributed by atoms with Gasteiger partial charge < -0.3 is 14.7 Å². The van der Waals surface area contributed by atoms with Crippen LogP contribution in [0.4, 0.5) is 0 Å². The molecule has 3 N–H and O–H groups in total. The second-order valence-electron chi connectivity index (χ2n) is 6.66. The zero-order chi connectivity index (χ0) is 21.7. The van der Waals surface area contributed by atoms with E-state index < -0.39 is 10.1 Å². The number of nitrogen functional groups attached to an aromatic ring is 1. The van der Waals surface area contributed by atoms with Crippen LogP contribution in [0.5, 0.6) is 11.5 Å². The maximum absolute atomic E-state index is 12.5. The maximum atomic E-state index is 12.5. The highest BCUT2D eigenvalue weighted by Gasteiger charge is 2.20. The van der Waals surface area contributed by atoms with E-state index in [0.29, 0.717) is 24.3 Å². The van der Waals surface area contributed by atoms with Crippen LogP contribution >= 0.6 is 11.6 Å². The minimum Gasteiger partial charge on any atom is -0.493 e. The van der Waals surface area contributed by atoms with E-state index in [9.17, 15) is 8.42 Å². The third-order valence-electron chi connectivity index (χ3n) is 4.26. The van der Waals surface area contributed by atoms with Gasteiger partial charge in [-0.3, -0.25) is 5.41 Å². The van der Waals surface area contributed by atoms with Crippen molar-refractivity contribution in [3.63, 3.8) is 0 Å². The summed E-state index contributed by atoms with van der Waals surface area (Å²) < 4.78 is 36.1. The second kappa shape index (κ2) is 9.19. The first-order chi connectivity index (χ1) is 14.2. The second-order valence-corrected chi connectivity index (χ2v) is 8.58. The van der Waals surface area contributed by atoms with E-state index in [-0.39, 0.29) is 21.5 Å². The molecule has 0 spiro atoms. The van der Waals surface area contributed by atoms with Gasteiger partial charge in [0.25, 0.3) is 0 Å². The molecule has 0 bridgehead atoms. The topological polar surface area (TPSA) is 102 Å². The molecule has 3 aromatic rings. The number of nitrogens with one attached hydrogen (secondary N) is 1. The van der Waals surface area contributed by atoms with Gasteiger partial charge in [0.2, 0.25) is 0 Å². The van der Waals surface area contributed by atoms with Crippen molar-refractivity contribution in [3.8, 4) is 11.5 Å². The van der Waals surface area contributed by atoms with Crippen LogP contribution in [0, 0.1) is 12.3 Å². The lowest BCUT2D eigenvalue weighted by Gasteiger charge is -2.12. The molecule has 3 aromatic carbocycles. The molecule has 3 rings (SSSR count). The van der Waals surface area contributed by atoms with Gasteiger partial charge in [-0.2, -0.15) is 8.42 Å². The van der Waals surface area contributed by atoms with Crippen molar-refractivity contribution in [1.29, 1.82) is 5.41 Å². The summed E-state index contributed by atoms with van der Waals surface area (Å²) in [6.45, 7) is 2.21. The Bertz CT molecular complexity index is 1160. The smallest absolute Gasteiger partial charge is 0.340 e. The Labute approximate surface area is 180 Å². The van der Waals surface area contributed by atoms with Crippen LogP contribution in [0.25, 0.3) is 0 Å². The van der Waals surface area contributed by atoms with Crippen molar-refractivity contribution >= 4 is 27.6 Å². The number of halogens is 1. The zero-order valence-electron chi connectivity index (χ0n) is 16.3. The Morgan fingerprint density at radius 1 is 1.03 bits per heavy atom. The molecule has 0 radical (unpaired) electrons. The van der Waals surface area contributed by atoms with Crippen LogP contribution in [0.3, 0.4) is 0 Å². The van der Waals surface area contributed by atoms with E-state index in [4.69, 9.17) is 31.7 Å². The monoisotopic (exact) mass is 444 g/mol. The molecule has 0 saturated carbocycles. The summed E-state index contributed by atoms with van der Waals surface area (Å²) in [7, 11) is -4.07. The van der Waals surface area contributed by atoms with Gasteiger partial charge in [0, 0.05) is 18.1 Å². The summed E-state index contributed by atoms with van der Waals surface area (Å²) in [6, 6.07) is 18.4. The van der Waals surface area contributed by atoms with E-state index in [2.05, 4.69) is 0 Å². The number of hydrogen-bond donors (Lipinski definition) is 2. The lowest BCUT2D eigenvalue weighted by molar-refractivity contribution is 0.320. The molecule has 0 aromatic heterocycles. The SMILES string of the molecule is Cc1cc(OCCc2ccc(C(=N)N)cc2)cc(OS(=O)(=O)c2ccccc2Cl)c1. The number of amidine groups is 1. The fourth-order valence-electron chi connectivity index (χ4n) is 2.80. The average molecular weight is 445 g/mol. The first-order valence-electron chi connectivity index (χ1n) is 9.11. The normalized spacial score (nSPS) is 11.1. The van der Waals surface area contributed by atoms with E-state index in [1.54, 1.807) is 36.4 Å². The van der Waals surface area contributed by atoms with Gasteiger partial charge >= 0.3 is 10.1 Å². The summed E-state index contributed by atoms with van der Waals surface area (Å²) in [6.07, 6.45) is 0.639. The quantitative estimate of drug-likeness (QED) is 0.306. The molecule has 0 fully saturated rings. The van der Waals surface area contributed by atoms with E-state index in [0.717, 1.165) is 11.1 Å². The Morgan fingerprint density at radius 3 is 2.37 bits per heavy atom. The molecule has 0 atom stereocenters. The number of ether oxygens (including phenoxy) is 1. The molecule has 0 aliphatic carbocycles. The van der Waals surface area contributed by atoms with Crippen LogP contribution in [-0.2, 0) is 16.5 Å².